The quantitative estimate of drug-likeness (QED) is 0.285. The van der Waals surface area contributed by atoms with Crippen LogP contribution < -0.4 is 10.1 Å². The molecule has 0 saturated carbocycles. The maximum absolute atomic E-state index is 12.8. The van der Waals surface area contributed by atoms with Crippen LogP contribution in [0.15, 0.2) is 83.5 Å². The van der Waals surface area contributed by atoms with E-state index in [1.165, 1.54) is 0 Å². The Morgan fingerprint density at radius 1 is 1.00 bits per heavy atom. The molecule has 4 rings (SSSR count). The number of nitrogens with zero attached hydrogens (tertiary/aromatic N) is 2. The normalized spacial score (nSPS) is 10.7. The number of hydrogen-bond donors (Lipinski definition) is 1. The topological polar surface area (TPSA) is 56.2 Å². The van der Waals surface area contributed by atoms with E-state index >= 15 is 0 Å². The summed E-state index contributed by atoms with van der Waals surface area (Å²) in [5, 5.41) is 8.15. The zero-order valence-electron chi connectivity index (χ0n) is 16.8. The minimum absolute atomic E-state index is 0.291. The van der Waals surface area contributed by atoms with Crippen LogP contribution in [0.25, 0.3) is 0 Å². The molecule has 0 saturated heterocycles. The standard InChI is InChI=1S/C24H18BrCl2N3O2/c25-19-8-4-9-20(12-19)32-15-16-5-3-7-17(11-16)24(31)28-23-22(27)14-30(29-23)13-18-6-1-2-10-21(18)26/h1-12,14H,13,15H2,(H,28,29,31). The van der Waals surface area contributed by atoms with Crippen molar-refractivity contribution in [1.29, 1.82) is 0 Å². The van der Waals surface area contributed by atoms with Crippen molar-refractivity contribution in [2.24, 2.45) is 0 Å². The van der Waals surface area contributed by atoms with Crippen LogP contribution in [0.3, 0.4) is 0 Å². The van der Waals surface area contributed by atoms with Gasteiger partial charge in [-0.15, -0.1) is 0 Å². The Kier molecular flexibility index (Phi) is 7.15. The van der Waals surface area contributed by atoms with Crippen LogP contribution in [0.5, 0.6) is 5.75 Å². The molecule has 1 aromatic heterocycles. The number of carbonyl (C=O) groups is 1. The average molecular weight is 531 g/mol. The monoisotopic (exact) mass is 529 g/mol. The van der Waals surface area contributed by atoms with E-state index in [1.54, 1.807) is 23.0 Å². The summed E-state index contributed by atoms with van der Waals surface area (Å²) in [7, 11) is 0. The van der Waals surface area contributed by atoms with Crippen LogP contribution in [-0.2, 0) is 13.2 Å². The fourth-order valence-corrected chi connectivity index (χ4v) is 3.84. The fourth-order valence-electron chi connectivity index (χ4n) is 3.07. The molecule has 0 aliphatic carbocycles. The Labute approximate surface area is 204 Å². The molecule has 0 bridgehead atoms. The molecular weight excluding hydrogens is 513 g/mol. The first kappa shape index (κ1) is 22.4. The number of amides is 1. The first-order valence-electron chi connectivity index (χ1n) is 9.73. The predicted octanol–water partition coefficient (Wildman–Crippen LogP) is 6.83. The lowest BCUT2D eigenvalue weighted by molar-refractivity contribution is 0.102. The second-order valence-electron chi connectivity index (χ2n) is 7.02. The van der Waals surface area contributed by atoms with Gasteiger partial charge in [0.25, 0.3) is 5.91 Å². The summed E-state index contributed by atoms with van der Waals surface area (Å²) in [5.74, 6) is 0.726. The van der Waals surface area contributed by atoms with Crippen molar-refractivity contribution in [3.8, 4) is 5.75 Å². The molecule has 0 fully saturated rings. The van der Waals surface area contributed by atoms with Gasteiger partial charge in [0.2, 0.25) is 0 Å². The van der Waals surface area contributed by atoms with Crippen LogP contribution in [0.1, 0.15) is 21.5 Å². The van der Waals surface area contributed by atoms with E-state index in [-0.39, 0.29) is 5.91 Å². The van der Waals surface area contributed by atoms with Gasteiger partial charge < -0.3 is 10.1 Å². The Hall–Kier alpha value is -2.80. The highest BCUT2D eigenvalue weighted by Gasteiger charge is 2.14. The minimum Gasteiger partial charge on any atom is -0.489 e. The van der Waals surface area contributed by atoms with E-state index in [0.29, 0.717) is 34.6 Å². The van der Waals surface area contributed by atoms with E-state index in [1.807, 2.05) is 60.7 Å². The van der Waals surface area contributed by atoms with E-state index in [2.05, 4.69) is 26.3 Å². The summed E-state index contributed by atoms with van der Waals surface area (Å²) in [6, 6.07) is 22.3. The van der Waals surface area contributed by atoms with Crippen molar-refractivity contribution in [1.82, 2.24) is 9.78 Å². The highest BCUT2D eigenvalue weighted by atomic mass is 79.9. The van der Waals surface area contributed by atoms with Gasteiger partial charge >= 0.3 is 0 Å². The van der Waals surface area contributed by atoms with Gasteiger partial charge in [0.15, 0.2) is 5.82 Å². The second kappa shape index (κ2) is 10.2. The van der Waals surface area contributed by atoms with E-state index in [9.17, 15) is 4.79 Å². The maximum atomic E-state index is 12.8. The first-order valence-corrected chi connectivity index (χ1v) is 11.3. The Morgan fingerprint density at radius 2 is 1.81 bits per heavy atom. The molecule has 162 valence electrons. The van der Waals surface area contributed by atoms with Gasteiger partial charge in [-0.1, -0.05) is 75.5 Å². The lowest BCUT2D eigenvalue weighted by Gasteiger charge is -2.08. The van der Waals surface area contributed by atoms with Crippen LogP contribution in [0.2, 0.25) is 10.0 Å². The number of aromatic nitrogens is 2. The third kappa shape index (κ3) is 5.71. The molecular formula is C24H18BrCl2N3O2. The molecule has 0 radical (unpaired) electrons. The molecule has 5 nitrogen and oxygen atoms in total. The molecule has 4 aromatic rings. The number of benzene rings is 3. The van der Waals surface area contributed by atoms with Crippen LogP contribution >= 0.6 is 39.1 Å². The zero-order valence-corrected chi connectivity index (χ0v) is 19.9. The molecule has 0 spiro atoms. The summed E-state index contributed by atoms with van der Waals surface area (Å²) in [6.45, 7) is 0.780. The van der Waals surface area contributed by atoms with Crippen molar-refractivity contribution >= 4 is 50.9 Å². The SMILES string of the molecule is O=C(Nc1nn(Cc2ccccc2Cl)cc1Cl)c1cccc(COc2cccc(Br)c2)c1. The Morgan fingerprint density at radius 3 is 2.62 bits per heavy atom. The van der Waals surface area contributed by atoms with Crippen molar-refractivity contribution in [3.05, 3.63) is 110 Å². The molecule has 0 atom stereocenters. The molecule has 1 amide bonds. The average Bonchev–Trinajstić information content (AvgIpc) is 3.12. The van der Waals surface area contributed by atoms with Gasteiger partial charge in [-0.2, -0.15) is 5.10 Å². The lowest BCUT2D eigenvalue weighted by atomic mass is 10.1. The van der Waals surface area contributed by atoms with Gasteiger partial charge in [-0.3, -0.25) is 9.48 Å². The number of anilines is 1. The number of hydrogen-bond acceptors (Lipinski definition) is 3. The Bertz CT molecular complexity index is 1260. The van der Waals surface area contributed by atoms with Gasteiger partial charge in [0.1, 0.15) is 17.4 Å². The van der Waals surface area contributed by atoms with E-state index in [4.69, 9.17) is 27.9 Å². The fraction of sp³-hybridized carbons (Fsp3) is 0.0833. The Balaban J connectivity index is 1.42. The number of ether oxygens (including phenoxy) is 1. The number of rotatable bonds is 7. The molecule has 8 heteroatoms. The van der Waals surface area contributed by atoms with Crippen molar-refractivity contribution < 1.29 is 9.53 Å². The molecule has 1 heterocycles. The third-order valence-corrected chi connectivity index (χ3v) is 5.77. The zero-order chi connectivity index (χ0) is 22.5. The lowest BCUT2D eigenvalue weighted by Crippen LogP contribution is -2.13. The molecule has 3 aromatic carbocycles. The maximum Gasteiger partial charge on any atom is 0.256 e. The van der Waals surface area contributed by atoms with Gasteiger partial charge in [-0.25, -0.2) is 0 Å². The van der Waals surface area contributed by atoms with Crippen molar-refractivity contribution in [2.45, 2.75) is 13.2 Å². The summed E-state index contributed by atoms with van der Waals surface area (Å²) in [6.07, 6.45) is 1.66. The van der Waals surface area contributed by atoms with Gasteiger partial charge in [0.05, 0.1) is 6.54 Å². The van der Waals surface area contributed by atoms with Crippen LogP contribution in [-0.4, -0.2) is 15.7 Å². The van der Waals surface area contributed by atoms with Crippen molar-refractivity contribution in [2.75, 3.05) is 5.32 Å². The molecule has 1 N–H and O–H groups in total. The van der Waals surface area contributed by atoms with Crippen LogP contribution in [0.4, 0.5) is 5.82 Å². The van der Waals surface area contributed by atoms with Crippen molar-refractivity contribution in [3.63, 3.8) is 0 Å². The number of nitrogens with one attached hydrogen (secondary N) is 1. The van der Waals surface area contributed by atoms with Gasteiger partial charge in [0, 0.05) is 21.3 Å². The smallest absolute Gasteiger partial charge is 0.256 e. The van der Waals surface area contributed by atoms with E-state index in [0.717, 1.165) is 21.3 Å². The third-order valence-electron chi connectivity index (χ3n) is 4.63. The largest absolute Gasteiger partial charge is 0.489 e. The molecule has 0 aliphatic heterocycles. The first-order chi connectivity index (χ1) is 15.5. The molecule has 32 heavy (non-hydrogen) atoms. The molecule has 0 aliphatic rings. The number of halogens is 3. The molecule has 0 unspecified atom stereocenters. The second-order valence-corrected chi connectivity index (χ2v) is 8.75. The number of carbonyl (C=O) groups excluding carboxylic acids is 1. The highest BCUT2D eigenvalue weighted by molar-refractivity contribution is 9.10. The van der Waals surface area contributed by atoms with Crippen LogP contribution in [0, 0.1) is 0 Å². The summed E-state index contributed by atoms with van der Waals surface area (Å²) in [5.41, 5.74) is 2.26. The van der Waals surface area contributed by atoms with E-state index < -0.39 is 0 Å². The summed E-state index contributed by atoms with van der Waals surface area (Å²) < 4.78 is 8.38. The summed E-state index contributed by atoms with van der Waals surface area (Å²) in [4.78, 5) is 12.8. The highest BCUT2D eigenvalue weighted by Crippen LogP contribution is 2.23. The predicted molar refractivity (Wildman–Crippen MR) is 131 cm³/mol. The van der Waals surface area contributed by atoms with Gasteiger partial charge in [-0.05, 0) is 47.5 Å². The minimum atomic E-state index is -0.306. The summed E-state index contributed by atoms with van der Waals surface area (Å²) >= 11 is 15.9.